The molecule has 4 aromatic rings. The zero-order valence-corrected chi connectivity index (χ0v) is 27.8. The Morgan fingerprint density at radius 2 is 1.88 bits per heavy atom. The summed E-state index contributed by atoms with van der Waals surface area (Å²) in [4.78, 5) is 46.3. The molecular formula is C36H42FN9O3. The number of rotatable bonds is 11. The number of piperazine rings is 1. The first-order valence-electron chi connectivity index (χ1n) is 16.7. The lowest BCUT2D eigenvalue weighted by atomic mass is 9.86. The number of aliphatic hydroxyl groups is 1. The van der Waals surface area contributed by atoms with Crippen molar-refractivity contribution in [3.63, 3.8) is 0 Å². The molecule has 1 aromatic carbocycles. The molecule has 3 aromatic heterocycles. The van der Waals surface area contributed by atoms with Gasteiger partial charge in [-0.1, -0.05) is 13.0 Å². The number of hydrogen-bond donors (Lipinski definition) is 3. The molecule has 13 heteroatoms. The summed E-state index contributed by atoms with van der Waals surface area (Å²) < 4.78 is 13.3. The van der Waals surface area contributed by atoms with Crippen molar-refractivity contribution < 1.29 is 19.1 Å². The second-order valence-corrected chi connectivity index (χ2v) is 12.8. The van der Waals surface area contributed by atoms with Gasteiger partial charge in [0.2, 0.25) is 11.8 Å². The van der Waals surface area contributed by atoms with Crippen molar-refractivity contribution in [2.75, 3.05) is 50.8 Å². The van der Waals surface area contributed by atoms with E-state index >= 15 is 0 Å². The number of H-pyrrole nitrogens is 1. The number of nitrogens with one attached hydrogen (secondary N) is 2. The molecule has 3 atom stereocenters. The van der Waals surface area contributed by atoms with E-state index < -0.39 is 5.41 Å². The summed E-state index contributed by atoms with van der Waals surface area (Å²) in [6.07, 6.45) is 10.0. The highest BCUT2D eigenvalue weighted by atomic mass is 19.1. The highest BCUT2D eigenvalue weighted by molar-refractivity contribution is 5.84. The third kappa shape index (κ3) is 7.84. The lowest BCUT2D eigenvalue weighted by molar-refractivity contribution is -0.136. The molecule has 12 nitrogen and oxygen atoms in total. The van der Waals surface area contributed by atoms with Crippen LogP contribution in [0, 0.1) is 11.2 Å². The van der Waals surface area contributed by atoms with Crippen LogP contribution in [0.25, 0.3) is 28.7 Å². The van der Waals surface area contributed by atoms with Crippen LogP contribution in [0.3, 0.4) is 0 Å². The number of halogens is 1. The second-order valence-electron chi connectivity index (χ2n) is 12.8. The summed E-state index contributed by atoms with van der Waals surface area (Å²) in [5, 5.41) is 20.8. The van der Waals surface area contributed by atoms with Crippen molar-refractivity contribution in [3.05, 3.63) is 84.7 Å². The van der Waals surface area contributed by atoms with Crippen LogP contribution in [0.4, 0.5) is 10.2 Å². The number of amides is 2. The Balaban J connectivity index is 0.999. The van der Waals surface area contributed by atoms with Gasteiger partial charge in [0.1, 0.15) is 11.6 Å². The summed E-state index contributed by atoms with van der Waals surface area (Å²) in [6, 6.07) is 13.4. The first-order valence-corrected chi connectivity index (χ1v) is 16.7. The molecule has 0 aliphatic carbocycles. The number of carbonyl (C=O) groups excluding carboxylic acids is 2. The van der Waals surface area contributed by atoms with E-state index in [-0.39, 0.29) is 42.9 Å². The van der Waals surface area contributed by atoms with E-state index in [1.807, 2.05) is 54.0 Å². The summed E-state index contributed by atoms with van der Waals surface area (Å²) in [7, 11) is 0. The van der Waals surface area contributed by atoms with Crippen LogP contribution in [0.15, 0.2) is 73.2 Å². The van der Waals surface area contributed by atoms with Gasteiger partial charge in [0.05, 0.1) is 30.0 Å². The van der Waals surface area contributed by atoms with E-state index in [9.17, 15) is 19.1 Å². The van der Waals surface area contributed by atoms with Gasteiger partial charge in [0.25, 0.3) is 0 Å². The standard InChI is InChI=1S/C36H42FN9O3/c1-3-29(10-11-30-19-31(43-42-30)26-5-8-28(37)9-6-26)41-35(49)36(24-47)13-16-44(23-36)22-33(48)46-18-17-45(21-25(46)2)32-12-7-27(20-40-32)34-38-14-4-15-39-34/h4-12,14-15,19-20,25,29,47H,3,13,16-18,21-24H2,1-2H3,(H,41,49)(H,42,43)/b11-10-/t25-,29?,36?/m1/s1. The Bertz CT molecular complexity index is 1750. The highest BCUT2D eigenvalue weighted by Gasteiger charge is 2.45. The molecule has 2 fully saturated rings. The second kappa shape index (κ2) is 15.0. The fourth-order valence-electron chi connectivity index (χ4n) is 6.47. The number of pyridine rings is 1. The van der Waals surface area contributed by atoms with Crippen LogP contribution in [0.1, 0.15) is 32.4 Å². The predicted octanol–water partition coefficient (Wildman–Crippen LogP) is 3.40. The minimum Gasteiger partial charge on any atom is -0.395 e. The lowest BCUT2D eigenvalue weighted by Crippen LogP contribution is -2.56. The van der Waals surface area contributed by atoms with Crippen LogP contribution in [0.2, 0.25) is 0 Å². The van der Waals surface area contributed by atoms with Gasteiger partial charge in [-0.3, -0.25) is 19.6 Å². The molecule has 2 aliphatic heterocycles. The van der Waals surface area contributed by atoms with Gasteiger partial charge in [-0.2, -0.15) is 5.10 Å². The highest BCUT2D eigenvalue weighted by Crippen LogP contribution is 2.31. The molecule has 256 valence electrons. The number of hydrogen-bond acceptors (Lipinski definition) is 9. The summed E-state index contributed by atoms with van der Waals surface area (Å²) >= 11 is 0. The maximum Gasteiger partial charge on any atom is 0.237 e. The summed E-state index contributed by atoms with van der Waals surface area (Å²) in [6.45, 7) is 6.63. The Morgan fingerprint density at radius 3 is 2.57 bits per heavy atom. The maximum atomic E-state index is 13.6. The van der Waals surface area contributed by atoms with E-state index in [0.29, 0.717) is 57.1 Å². The van der Waals surface area contributed by atoms with Crippen molar-refractivity contribution >= 4 is 23.7 Å². The van der Waals surface area contributed by atoms with E-state index in [2.05, 4.69) is 35.4 Å². The molecule has 0 radical (unpaired) electrons. The Kier molecular flexibility index (Phi) is 10.4. The number of carbonyl (C=O) groups is 2. The molecule has 0 saturated carbocycles. The van der Waals surface area contributed by atoms with Crippen LogP contribution in [-0.2, 0) is 9.59 Å². The molecule has 6 rings (SSSR count). The molecule has 3 N–H and O–H groups in total. The number of benzene rings is 1. The Morgan fingerprint density at radius 1 is 1.10 bits per heavy atom. The fraction of sp³-hybridized carbons (Fsp3) is 0.389. The van der Waals surface area contributed by atoms with Gasteiger partial charge in [0, 0.05) is 68.0 Å². The number of aliphatic hydroxyl groups excluding tert-OH is 1. The van der Waals surface area contributed by atoms with Crippen molar-refractivity contribution in [2.45, 2.75) is 38.8 Å². The van der Waals surface area contributed by atoms with Crippen molar-refractivity contribution in [1.29, 1.82) is 0 Å². The average Bonchev–Trinajstić information content (AvgIpc) is 3.79. The van der Waals surface area contributed by atoms with Gasteiger partial charge in [-0.05, 0) is 80.9 Å². The number of aromatic nitrogens is 5. The largest absolute Gasteiger partial charge is 0.395 e. The smallest absolute Gasteiger partial charge is 0.237 e. The van der Waals surface area contributed by atoms with E-state index in [0.717, 1.165) is 22.6 Å². The third-order valence-electron chi connectivity index (χ3n) is 9.42. The van der Waals surface area contributed by atoms with Crippen LogP contribution >= 0.6 is 0 Å². The molecule has 0 bridgehead atoms. The summed E-state index contributed by atoms with van der Waals surface area (Å²) in [5.74, 6) is 0.953. The van der Waals surface area contributed by atoms with E-state index in [1.54, 1.807) is 36.8 Å². The first-order chi connectivity index (χ1) is 23.8. The van der Waals surface area contributed by atoms with Crippen LogP contribution in [0.5, 0.6) is 0 Å². The molecule has 2 aliphatic rings. The normalized spacial score (nSPS) is 20.5. The Labute approximate surface area is 285 Å². The van der Waals surface area contributed by atoms with Crippen molar-refractivity contribution in [3.8, 4) is 22.6 Å². The predicted molar refractivity (Wildman–Crippen MR) is 184 cm³/mol. The average molecular weight is 668 g/mol. The quantitative estimate of drug-likeness (QED) is 0.219. The molecule has 2 unspecified atom stereocenters. The van der Waals surface area contributed by atoms with Crippen LogP contribution in [-0.4, -0.2) is 110 Å². The summed E-state index contributed by atoms with van der Waals surface area (Å²) in [5.41, 5.74) is 2.09. The topological polar surface area (TPSA) is 143 Å². The molecule has 2 amide bonds. The molecule has 5 heterocycles. The molecule has 49 heavy (non-hydrogen) atoms. The monoisotopic (exact) mass is 667 g/mol. The third-order valence-corrected chi connectivity index (χ3v) is 9.42. The maximum absolute atomic E-state index is 13.6. The van der Waals surface area contributed by atoms with Crippen LogP contribution < -0.4 is 10.2 Å². The minimum absolute atomic E-state index is 0.0137. The van der Waals surface area contributed by atoms with Gasteiger partial charge < -0.3 is 20.2 Å². The zero-order chi connectivity index (χ0) is 34.4. The Hall–Kier alpha value is -5.01. The van der Waals surface area contributed by atoms with Crippen molar-refractivity contribution in [1.82, 2.24) is 40.3 Å². The van der Waals surface area contributed by atoms with E-state index in [4.69, 9.17) is 0 Å². The molecule has 0 spiro atoms. The first kappa shape index (κ1) is 33.9. The SMILES string of the molecule is CCC(/C=C\c1cc(-c2ccc(F)cc2)n[nH]1)NC(=O)C1(CO)CCN(CC(=O)N2CCN(c3ccc(-c4ncccn4)cn3)C[C@H]2C)C1. The molecule has 2 saturated heterocycles. The van der Waals surface area contributed by atoms with Gasteiger partial charge in [0.15, 0.2) is 5.82 Å². The zero-order valence-electron chi connectivity index (χ0n) is 27.8. The fourth-order valence-corrected chi connectivity index (χ4v) is 6.47. The minimum atomic E-state index is -0.988. The number of aromatic amines is 1. The molecular weight excluding hydrogens is 625 g/mol. The van der Waals surface area contributed by atoms with Crippen molar-refractivity contribution in [2.24, 2.45) is 5.41 Å². The lowest BCUT2D eigenvalue weighted by Gasteiger charge is -2.41. The number of anilines is 1. The van der Waals surface area contributed by atoms with Gasteiger partial charge in [-0.15, -0.1) is 0 Å². The number of nitrogens with zero attached hydrogens (tertiary/aromatic N) is 7. The van der Waals surface area contributed by atoms with Gasteiger partial charge >= 0.3 is 0 Å². The van der Waals surface area contributed by atoms with Gasteiger partial charge in [-0.25, -0.2) is 19.3 Å². The number of likely N-dealkylation sites (tertiary alicyclic amines) is 1. The van der Waals surface area contributed by atoms with E-state index in [1.165, 1.54) is 12.1 Å².